The molecule has 1 N–H and O–H groups in total. The summed E-state index contributed by atoms with van der Waals surface area (Å²) >= 11 is 0. The monoisotopic (exact) mass is 229 g/mol. The third-order valence-corrected chi connectivity index (χ3v) is 3.57. The van der Waals surface area contributed by atoms with Crippen LogP contribution in [0.15, 0.2) is 4.52 Å². The normalized spacial score (nSPS) is 23.0. The molecule has 1 aliphatic heterocycles. The molecule has 1 aromatic heterocycles. The molecule has 0 bridgehead atoms. The van der Waals surface area contributed by atoms with E-state index in [4.69, 9.17) is 4.52 Å². The van der Waals surface area contributed by atoms with Crippen LogP contribution in [0, 0.1) is 0 Å². The number of nitrogens with zero attached hydrogens (tertiary/aromatic N) is 2. The highest BCUT2D eigenvalue weighted by Gasteiger charge is 2.48. The lowest BCUT2D eigenvalue weighted by atomic mass is 10.0. The van der Waals surface area contributed by atoms with Gasteiger partial charge in [-0.05, 0) is 19.3 Å². The van der Waals surface area contributed by atoms with Gasteiger partial charge in [0.2, 0.25) is 5.89 Å². The van der Waals surface area contributed by atoms with Gasteiger partial charge in [-0.1, -0.05) is 12.1 Å². The van der Waals surface area contributed by atoms with Crippen LogP contribution >= 0.6 is 12.4 Å². The highest BCUT2D eigenvalue weighted by atomic mass is 35.5. The van der Waals surface area contributed by atoms with Crippen molar-refractivity contribution in [2.75, 3.05) is 13.1 Å². The molecular weight excluding hydrogens is 214 g/mol. The van der Waals surface area contributed by atoms with Gasteiger partial charge < -0.3 is 9.84 Å². The molecule has 2 heterocycles. The van der Waals surface area contributed by atoms with Crippen molar-refractivity contribution in [1.82, 2.24) is 15.5 Å². The molecule has 0 amide bonds. The quantitative estimate of drug-likeness (QED) is 0.856. The van der Waals surface area contributed by atoms with Crippen molar-refractivity contribution in [3.63, 3.8) is 0 Å². The largest absolute Gasteiger partial charge is 0.339 e. The summed E-state index contributed by atoms with van der Waals surface area (Å²) in [5.74, 6) is 2.26. The summed E-state index contributed by atoms with van der Waals surface area (Å²) < 4.78 is 5.35. The molecule has 5 heteroatoms. The van der Waals surface area contributed by atoms with Crippen LogP contribution < -0.4 is 5.32 Å². The summed E-state index contributed by atoms with van der Waals surface area (Å²) in [6.07, 6.45) is 3.56. The van der Waals surface area contributed by atoms with Crippen LogP contribution in [-0.2, 0) is 5.41 Å². The number of rotatable bonds is 3. The Kier molecular flexibility index (Phi) is 2.73. The van der Waals surface area contributed by atoms with Crippen molar-refractivity contribution in [3.8, 4) is 0 Å². The Balaban J connectivity index is 0.000000853. The van der Waals surface area contributed by atoms with Gasteiger partial charge in [-0.3, -0.25) is 0 Å². The fourth-order valence-electron chi connectivity index (χ4n) is 1.96. The fourth-order valence-corrected chi connectivity index (χ4v) is 1.96. The maximum Gasteiger partial charge on any atom is 0.232 e. The topological polar surface area (TPSA) is 51.0 Å². The first-order valence-electron chi connectivity index (χ1n) is 5.39. The molecule has 1 saturated heterocycles. The smallest absolute Gasteiger partial charge is 0.232 e. The minimum atomic E-state index is 0. The molecule has 2 fully saturated rings. The van der Waals surface area contributed by atoms with Crippen molar-refractivity contribution >= 4 is 12.4 Å². The number of aromatic nitrogens is 2. The van der Waals surface area contributed by atoms with E-state index in [1.807, 2.05) is 0 Å². The second-order valence-electron chi connectivity index (χ2n) is 4.45. The Morgan fingerprint density at radius 2 is 2.20 bits per heavy atom. The molecule has 2 aliphatic rings. The van der Waals surface area contributed by atoms with Gasteiger partial charge in [-0.15, -0.1) is 12.4 Å². The van der Waals surface area contributed by atoms with E-state index in [0.717, 1.165) is 31.2 Å². The summed E-state index contributed by atoms with van der Waals surface area (Å²) in [5, 5.41) is 7.28. The molecule has 4 nitrogen and oxygen atoms in total. The van der Waals surface area contributed by atoms with Gasteiger partial charge in [0.25, 0.3) is 0 Å². The maximum atomic E-state index is 5.35. The molecule has 3 rings (SSSR count). The van der Waals surface area contributed by atoms with Gasteiger partial charge in [0.15, 0.2) is 5.82 Å². The molecule has 0 atom stereocenters. The van der Waals surface area contributed by atoms with Crippen LogP contribution in [0.5, 0.6) is 0 Å². The molecule has 0 unspecified atom stereocenters. The highest BCUT2D eigenvalue weighted by molar-refractivity contribution is 5.85. The summed E-state index contributed by atoms with van der Waals surface area (Å²) in [4.78, 5) is 4.52. The van der Waals surface area contributed by atoms with Gasteiger partial charge in [-0.25, -0.2) is 0 Å². The second-order valence-corrected chi connectivity index (χ2v) is 4.45. The zero-order chi connectivity index (χ0) is 9.60. The predicted molar refractivity (Wildman–Crippen MR) is 58.4 cm³/mol. The summed E-state index contributed by atoms with van der Waals surface area (Å²) in [6.45, 7) is 4.19. The highest BCUT2D eigenvalue weighted by Crippen LogP contribution is 2.50. The molecular formula is C10H16ClN3O. The lowest BCUT2D eigenvalue weighted by Crippen LogP contribution is -2.40. The SMILES string of the molecule is CCC1(c2nc(C3CNC3)no2)CC1.Cl. The van der Waals surface area contributed by atoms with E-state index in [1.54, 1.807) is 0 Å². The molecule has 0 radical (unpaired) electrons. The molecule has 1 aliphatic carbocycles. The van der Waals surface area contributed by atoms with E-state index in [1.165, 1.54) is 12.8 Å². The summed E-state index contributed by atoms with van der Waals surface area (Å²) in [5.41, 5.74) is 0.252. The average Bonchev–Trinajstić information content (AvgIpc) is 2.78. The Hall–Kier alpha value is -0.610. The summed E-state index contributed by atoms with van der Waals surface area (Å²) in [6, 6.07) is 0. The van der Waals surface area contributed by atoms with Crippen molar-refractivity contribution < 1.29 is 4.52 Å². The second kappa shape index (κ2) is 3.76. The Labute approximate surface area is 95.2 Å². The minimum Gasteiger partial charge on any atom is -0.339 e. The molecule has 0 spiro atoms. The van der Waals surface area contributed by atoms with Crippen LogP contribution in [-0.4, -0.2) is 23.2 Å². The molecule has 1 aromatic rings. The average molecular weight is 230 g/mol. The van der Waals surface area contributed by atoms with Gasteiger partial charge in [0.05, 0.1) is 0 Å². The third kappa shape index (κ3) is 1.66. The van der Waals surface area contributed by atoms with Gasteiger partial charge in [-0.2, -0.15) is 4.98 Å². The first kappa shape index (κ1) is 10.9. The first-order chi connectivity index (χ1) is 6.84. The number of nitrogens with one attached hydrogen (secondary N) is 1. The molecule has 15 heavy (non-hydrogen) atoms. The van der Waals surface area contributed by atoms with Crippen LogP contribution in [0.25, 0.3) is 0 Å². The van der Waals surface area contributed by atoms with Crippen LogP contribution in [0.1, 0.15) is 43.8 Å². The van der Waals surface area contributed by atoms with Gasteiger partial charge >= 0.3 is 0 Å². The number of hydrogen-bond donors (Lipinski definition) is 1. The van der Waals surface area contributed by atoms with E-state index >= 15 is 0 Å². The van der Waals surface area contributed by atoms with E-state index < -0.39 is 0 Å². The Morgan fingerprint density at radius 1 is 1.47 bits per heavy atom. The molecule has 84 valence electrons. The van der Waals surface area contributed by atoms with E-state index in [9.17, 15) is 0 Å². The standard InChI is InChI=1S/C10H15N3O.ClH/c1-2-10(3-4-10)9-12-8(13-14-9)7-5-11-6-7;/h7,11H,2-6H2,1H3;1H. The number of halogens is 1. The van der Waals surface area contributed by atoms with E-state index in [2.05, 4.69) is 22.4 Å². The van der Waals surface area contributed by atoms with Crippen LogP contribution in [0.3, 0.4) is 0 Å². The van der Waals surface area contributed by atoms with Crippen molar-refractivity contribution in [2.45, 2.75) is 37.5 Å². The minimum absolute atomic E-state index is 0. The Bertz CT molecular complexity index is 344. The zero-order valence-electron chi connectivity index (χ0n) is 8.82. The fraction of sp³-hybridized carbons (Fsp3) is 0.800. The lowest BCUT2D eigenvalue weighted by molar-refractivity contribution is 0.329. The van der Waals surface area contributed by atoms with Gasteiger partial charge in [0, 0.05) is 24.4 Å². The Morgan fingerprint density at radius 3 is 2.67 bits per heavy atom. The van der Waals surface area contributed by atoms with Crippen molar-refractivity contribution in [1.29, 1.82) is 0 Å². The molecule has 0 aromatic carbocycles. The zero-order valence-corrected chi connectivity index (χ0v) is 9.64. The third-order valence-electron chi connectivity index (χ3n) is 3.57. The van der Waals surface area contributed by atoms with E-state index in [-0.39, 0.29) is 17.8 Å². The predicted octanol–water partition coefficient (Wildman–Crippen LogP) is 1.62. The lowest BCUT2D eigenvalue weighted by Gasteiger charge is -2.23. The van der Waals surface area contributed by atoms with Crippen LogP contribution in [0.4, 0.5) is 0 Å². The van der Waals surface area contributed by atoms with Gasteiger partial charge in [0.1, 0.15) is 0 Å². The maximum absolute atomic E-state index is 5.35. The van der Waals surface area contributed by atoms with Crippen molar-refractivity contribution in [3.05, 3.63) is 11.7 Å². The van der Waals surface area contributed by atoms with Crippen molar-refractivity contribution in [2.24, 2.45) is 0 Å². The molecule has 1 saturated carbocycles. The summed E-state index contributed by atoms with van der Waals surface area (Å²) in [7, 11) is 0. The number of hydrogen-bond acceptors (Lipinski definition) is 4. The van der Waals surface area contributed by atoms with E-state index in [0.29, 0.717) is 5.92 Å². The van der Waals surface area contributed by atoms with Crippen LogP contribution in [0.2, 0.25) is 0 Å². The first-order valence-corrected chi connectivity index (χ1v) is 5.39.